The summed E-state index contributed by atoms with van der Waals surface area (Å²) in [5, 5.41) is 22.0. The summed E-state index contributed by atoms with van der Waals surface area (Å²) in [5.74, 6) is 0.240. The fourth-order valence-electron chi connectivity index (χ4n) is 1.44. The molecule has 0 saturated heterocycles. The quantitative estimate of drug-likeness (QED) is 0.670. The smallest absolute Gasteiger partial charge is 0.129 e. The highest BCUT2D eigenvalue weighted by molar-refractivity contribution is 9.10. The van der Waals surface area contributed by atoms with Gasteiger partial charge in [0.2, 0.25) is 0 Å². The van der Waals surface area contributed by atoms with Gasteiger partial charge in [0.15, 0.2) is 0 Å². The Labute approximate surface area is 110 Å². The SMILES string of the molecule is COCC(O)CCNCc1ccc(O)c(Br)c1. The molecular formula is C12H18BrNO3. The van der Waals surface area contributed by atoms with Crippen molar-refractivity contribution in [1.29, 1.82) is 0 Å². The van der Waals surface area contributed by atoms with Crippen molar-refractivity contribution < 1.29 is 14.9 Å². The van der Waals surface area contributed by atoms with Crippen LogP contribution in [0.2, 0.25) is 0 Å². The molecule has 0 spiro atoms. The number of benzene rings is 1. The van der Waals surface area contributed by atoms with Crippen molar-refractivity contribution in [2.45, 2.75) is 19.1 Å². The van der Waals surface area contributed by atoms with Crippen molar-refractivity contribution >= 4 is 15.9 Å². The lowest BCUT2D eigenvalue weighted by Gasteiger charge is -2.10. The lowest BCUT2D eigenvalue weighted by Crippen LogP contribution is -2.22. The van der Waals surface area contributed by atoms with Gasteiger partial charge in [-0.15, -0.1) is 0 Å². The normalized spacial score (nSPS) is 12.6. The van der Waals surface area contributed by atoms with Crippen molar-refractivity contribution in [3.8, 4) is 5.75 Å². The van der Waals surface area contributed by atoms with Gasteiger partial charge in [0, 0.05) is 13.7 Å². The molecule has 1 unspecified atom stereocenters. The van der Waals surface area contributed by atoms with Gasteiger partial charge in [-0.1, -0.05) is 6.07 Å². The Morgan fingerprint density at radius 2 is 2.24 bits per heavy atom. The molecule has 0 aliphatic heterocycles. The molecule has 1 aromatic carbocycles. The van der Waals surface area contributed by atoms with Crippen LogP contribution in [0.15, 0.2) is 22.7 Å². The van der Waals surface area contributed by atoms with Gasteiger partial charge in [0.25, 0.3) is 0 Å². The molecule has 1 rings (SSSR count). The monoisotopic (exact) mass is 303 g/mol. The van der Waals surface area contributed by atoms with E-state index in [1.165, 1.54) is 0 Å². The van der Waals surface area contributed by atoms with Crippen molar-refractivity contribution in [2.24, 2.45) is 0 Å². The predicted molar refractivity (Wildman–Crippen MR) is 70.0 cm³/mol. The van der Waals surface area contributed by atoms with Crippen molar-refractivity contribution in [1.82, 2.24) is 5.32 Å². The number of aromatic hydroxyl groups is 1. The molecule has 0 aliphatic carbocycles. The van der Waals surface area contributed by atoms with Gasteiger partial charge < -0.3 is 20.3 Å². The summed E-state index contributed by atoms with van der Waals surface area (Å²) in [6, 6.07) is 5.38. The van der Waals surface area contributed by atoms with E-state index in [1.807, 2.05) is 12.1 Å². The molecule has 96 valence electrons. The third-order valence-electron chi connectivity index (χ3n) is 2.35. The molecular weight excluding hydrogens is 286 g/mol. The molecule has 17 heavy (non-hydrogen) atoms. The zero-order chi connectivity index (χ0) is 12.7. The number of aliphatic hydroxyl groups excluding tert-OH is 1. The van der Waals surface area contributed by atoms with E-state index in [-0.39, 0.29) is 5.75 Å². The van der Waals surface area contributed by atoms with E-state index in [0.29, 0.717) is 24.0 Å². The van der Waals surface area contributed by atoms with Crippen LogP contribution >= 0.6 is 15.9 Å². The fourth-order valence-corrected chi connectivity index (χ4v) is 1.86. The lowest BCUT2D eigenvalue weighted by molar-refractivity contribution is 0.0594. The Morgan fingerprint density at radius 3 is 2.88 bits per heavy atom. The Balaban J connectivity index is 2.24. The Morgan fingerprint density at radius 1 is 1.47 bits per heavy atom. The van der Waals surface area contributed by atoms with Gasteiger partial charge in [-0.05, 0) is 46.6 Å². The van der Waals surface area contributed by atoms with E-state index in [2.05, 4.69) is 21.2 Å². The number of halogens is 1. The maximum absolute atomic E-state index is 9.42. The van der Waals surface area contributed by atoms with Gasteiger partial charge in [-0.2, -0.15) is 0 Å². The van der Waals surface area contributed by atoms with Crippen LogP contribution in [-0.4, -0.2) is 36.6 Å². The fraction of sp³-hybridized carbons (Fsp3) is 0.500. The maximum atomic E-state index is 9.42. The van der Waals surface area contributed by atoms with Crippen LogP contribution in [0.25, 0.3) is 0 Å². The molecule has 0 radical (unpaired) electrons. The number of phenols is 1. The Bertz CT molecular complexity index is 347. The molecule has 0 heterocycles. The van der Waals surface area contributed by atoms with E-state index < -0.39 is 6.10 Å². The van der Waals surface area contributed by atoms with Crippen molar-refractivity contribution in [2.75, 3.05) is 20.3 Å². The molecule has 3 N–H and O–H groups in total. The number of aliphatic hydroxyl groups is 1. The van der Waals surface area contributed by atoms with Crippen LogP contribution in [0.4, 0.5) is 0 Å². The van der Waals surface area contributed by atoms with E-state index >= 15 is 0 Å². The summed E-state index contributed by atoms with van der Waals surface area (Å²) in [6.45, 7) is 1.80. The Kier molecular flexibility index (Phi) is 6.50. The minimum atomic E-state index is -0.418. The minimum Gasteiger partial charge on any atom is -0.507 e. The van der Waals surface area contributed by atoms with Gasteiger partial charge in [-0.3, -0.25) is 0 Å². The zero-order valence-corrected chi connectivity index (χ0v) is 11.4. The second-order valence-electron chi connectivity index (χ2n) is 3.86. The molecule has 1 aromatic rings. The number of rotatable bonds is 7. The number of ether oxygens (including phenoxy) is 1. The average molecular weight is 304 g/mol. The molecule has 0 saturated carbocycles. The van der Waals surface area contributed by atoms with E-state index in [0.717, 1.165) is 12.1 Å². The summed E-state index contributed by atoms with van der Waals surface area (Å²) in [5.41, 5.74) is 1.08. The summed E-state index contributed by atoms with van der Waals surface area (Å²) >= 11 is 3.26. The zero-order valence-electron chi connectivity index (χ0n) is 9.82. The largest absolute Gasteiger partial charge is 0.507 e. The number of hydrogen-bond donors (Lipinski definition) is 3. The molecule has 0 amide bonds. The second-order valence-corrected chi connectivity index (χ2v) is 4.71. The Hall–Kier alpha value is -0.620. The van der Waals surface area contributed by atoms with Crippen LogP contribution in [0.3, 0.4) is 0 Å². The van der Waals surface area contributed by atoms with Crippen molar-refractivity contribution in [3.05, 3.63) is 28.2 Å². The summed E-state index contributed by atoms with van der Waals surface area (Å²) in [7, 11) is 1.57. The van der Waals surface area contributed by atoms with Crippen LogP contribution in [0.5, 0.6) is 5.75 Å². The van der Waals surface area contributed by atoms with E-state index in [4.69, 9.17) is 4.74 Å². The molecule has 4 nitrogen and oxygen atoms in total. The third kappa shape index (κ3) is 5.50. The van der Waals surface area contributed by atoms with Gasteiger partial charge >= 0.3 is 0 Å². The standard InChI is InChI=1S/C12H18BrNO3/c1-17-8-10(15)4-5-14-7-9-2-3-12(16)11(13)6-9/h2-3,6,10,14-16H,4-5,7-8H2,1H3. The summed E-state index contributed by atoms with van der Waals surface area (Å²) < 4.78 is 5.53. The molecule has 0 fully saturated rings. The van der Waals surface area contributed by atoms with Gasteiger partial charge in [0.1, 0.15) is 5.75 Å². The lowest BCUT2D eigenvalue weighted by atomic mass is 10.2. The molecule has 1 atom stereocenters. The van der Waals surface area contributed by atoms with E-state index in [9.17, 15) is 10.2 Å². The van der Waals surface area contributed by atoms with E-state index in [1.54, 1.807) is 13.2 Å². The predicted octanol–water partition coefficient (Wildman–Crippen LogP) is 1.64. The summed E-state index contributed by atoms with van der Waals surface area (Å²) in [4.78, 5) is 0. The second kappa shape index (κ2) is 7.66. The van der Waals surface area contributed by atoms with Crippen LogP contribution in [0, 0.1) is 0 Å². The maximum Gasteiger partial charge on any atom is 0.129 e. The highest BCUT2D eigenvalue weighted by atomic mass is 79.9. The highest BCUT2D eigenvalue weighted by Crippen LogP contribution is 2.24. The number of hydrogen-bond acceptors (Lipinski definition) is 4. The van der Waals surface area contributed by atoms with Crippen LogP contribution in [-0.2, 0) is 11.3 Å². The first-order valence-corrected chi connectivity index (χ1v) is 6.28. The first-order chi connectivity index (χ1) is 8.13. The topological polar surface area (TPSA) is 61.7 Å². The first kappa shape index (κ1) is 14.4. The van der Waals surface area contributed by atoms with Gasteiger partial charge in [-0.25, -0.2) is 0 Å². The molecule has 5 heteroatoms. The number of nitrogens with one attached hydrogen (secondary N) is 1. The number of phenolic OH excluding ortho intramolecular Hbond substituents is 1. The third-order valence-corrected chi connectivity index (χ3v) is 2.99. The highest BCUT2D eigenvalue weighted by Gasteiger charge is 2.03. The average Bonchev–Trinajstić information content (AvgIpc) is 2.29. The summed E-state index contributed by atoms with van der Waals surface area (Å²) in [6.07, 6.45) is 0.242. The van der Waals surface area contributed by atoms with Crippen molar-refractivity contribution in [3.63, 3.8) is 0 Å². The molecule has 0 aliphatic rings. The molecule has 0 aromatic heterocycles. The number of methoxy groups -OCH3 is 1. The first-order valence-electron chi connectivity index (χ1n) is 5.48. The molecule has 0 bridgehead atoms. The van der Waals surface area contributed by atoms with Gasteiger partial charge in [0.05, 0.1) is 17.2 Å². The van der Waals surface area contributed by atoms with Crippen LogP contribution in [0.1, 0.15) is 12.0 Å². The van der Waals surface area contributed by atoms with Crippen LogP contribution < -0.4 is 5.32 Å². The minimum absolute atomic E-state index is 0.240.